The smallest absolute Gasteiger partial charge is 0.308 e. The molecule has 1 saturated heterocycles. The molecular weight excluding hydrogens is 580 g/mol. The number of aromatic nitrogens is 1. The van der Waals surface area contributed by atoms with Gasteiger partial charge in [0.05, 0.1) is 28.7 Å². The number of non-ortho nitro benzene ring substituents is 1. The molecule has 3 aromatic carbocycles. The van der Waals surface area contributed by atoms with Gasteiger partial charge in [-0.25, -0.2) is 4.90 Å². The molecule has 1 N–H and O–H groups in total. The molecule has 3 amide bonds. The molecule has 1 fully saturated rings. The summed E-state index contributed by atoms with van der Waals surface area (Å²) < 4.78 is 6.49. The molecule has 0 radical (unpaired) electrons. The van der Waals surface area contributed by atoms with Gasteiger partial charge in [-0.3, -0.25) is 33.9 Å². The fourth-order valence-corrected chi connectivity index (χ4v) is 8.04. The van der Waals surface area contributed by atoms with Crippen LogP contribution in [0.15, 0.2) is 88.7 Å². The van der Waals surface area contributed by atoms with E-state index < -0.39 is 39.7 Å². The summed E-state index contributed by atoms with van der Waals surface area (Å²) in [6, 6.07) is 21.2. The lowest BCUT2D eigenvalue weighted by molar-refractivity contribution is -0.384. The minimum absolute atomic E-state index is 0.161. The maximum atomic E-state index is 13.9. The Labute approximate surface area is 246 Å². The third-order valence-electron chi connectivity index (χ3n) is 7.20. The van der Waals surface area contributed by atoms with Crippen molar-refractivity contribution in [2.75, 3.05) is 17.3 Å². The number of hydrogen-bond acceptors (Lipinski definition) is 9. The van der Waals surface area contributed by atoms with Crippen molar-refractivity contribution in [3.8, 4) is 5.75 Å². The van der Waals surface area contributed by atoms with E-state index in [0.717, 1.165) is 33.6 Å². The average molecular weight is 603 g/mol. The number of thiazole rings is 1. The Morgan fingerprint density at radius 3 is 2.31 bits per heavy atom. The lowest BCUT2D eigenvalue weighted by atomic mass is 9.83. The first kappa shape index (κ1) is 27.4. The zero-order valence-electron chi connectivity index (χ0n) is 22.0. The number of nitrogens with one attached hydrogen (secondary N) is 1. The van der Waals surface area contributed by atoms with Crippen molar-refractivity contribution in [1.82, 2.24) is 4.57 Å². The molecule has 11 nitrogen and oxygen atoms in total. The minimum Gasteiger partial charge on any atom is -0.497 e. The maximum absolute atomic E-state index is 13.9. The van der Waals surface area contributed by atoms with E-state index in [1.54, 1.807) is 31.4 Å². The molecule has 6 rings (SSSR count). The molecule has 4 aromatic rings. The Morgan fingerprint density at radius 2 is 1.67 bits per heavy atom. The van der Waals surface area contributed by atoms with Crippen LogP contribution in [0.2, 0.25) is 0 Å². The van der Waals surface area contributed by atoms with Gasteiger partial charge in [0, 0.05) is 28.6 Å². The lowest BCUT2D eigenvalue weighted by Gasteiger charge is -2.30. The molecule has 0 saturated carbocycles. The Balaban J connectivity index is 1.36. The van der Waals surface area contributed by atoms with Gasteiger partial charge in [-0.1, -0.05) is 53.4 Å². The highest BCUT2D eigenvalue weighted by atomic mass is 32.2. The van der Waals surface area contributed by atoms with E-state index in [2.05, 4.69) is 5.32 Å². The number of carbonyl (C=O) groups excluding carboxylic acids is 3. The highest BCUT2D eigenvalue weighted by Crippen LogP contribution is 2.53. The van der Waals surface area contributed by atoms with Crippen molar-refractivity contribution < 1.29 is 24.0 Å². The molecule has 13 heteroatoms. The van der Waals surface area contributed by atoms with E-state index in [0.29, 0.717) is 21.3 Å². The molecule has 42 heavy (non-hydrogen) atoms. The summed E-state index contributed by atoms with van der Waals surface area (Å²) in [4.78, 5) is 65.8. The number of nitro benzene ring substituents is 1. The molecule has 3 heterocycles. The van der Waals surface area contributed by atoms with Gasteiger partial charge >= 0.3 is 4.87 Å². The van der Waals surface area contributed by atoms with Crippen molar-refractivity contribution >= 4 is 57.9 Å². The fraction of sp³-hybridized carbons (Fsp3) is 0.172. The monoisotopic (exact) mass is 602 g/mol. The fourth-order valence-electron chi connectivity index (χ4n) is 5.27. The van der Waals surface area contributed by atoms with Crippen LogP contribution in [0.1, 0.15) is 16.4 Å². The zero-order valence-corrected chi connectivity index (χ0v) is 23.6. The molecule has 0 aliphatic carbocycles. The van der Waals surface area contributed by atoms with Gasteiger partial charge in [-0.15, -0.1) is 0 Å². The van der Waals surface area contributed by atoms with Crippen LogP contribution < -0.4 is 19.8 Å². The second kappa shape index (κ2) is 10.9. The first-order chi connectivity index (χ1) is 20.3. The summed E-state index contributed by atoms with van der Waals surface area (Å²) in [6.45, 7) is -0.281. The van der Waals surface area contributed by atoms with Crippen LogP contribution in [0.25, 0.3) is 0 Å². The van der Waals surface area contributed by atoms with Crippen molar-refractivity contribution in [3.63, 3.8) is 0 Å². The van der Waals surface area contributed by atoms with Crippen LogP contribution in [0.3, 0.4) is 0 Å². The topological polar surface area (TPSA) is 141 Å². The molecular formula is C29H22N4O7S2. The van der Waals surface area contributed by atoms with Crippen LogP contribution in [0.4, 0.5) is 17.1 Å². The highest BCUT2D eigenvalue weighted by Gasteiger charge is 2.56. The van der Waals surface area contributed by atoms with Gasteiger partial charge < -0.3 is 10.1 Å². The first-order valence-corrected chi connectivity index (χ1v) is 14.5. The van der Waals surface area contributed by atoms with Crippen molar-refractivity contribution in [3.05, 3.63) is 109 Å². The van der Waals surface area contributed by atoms with E-state index in [1.807, 2.05) is 30.3 Å². The Bertz CT molecular complexity index is 1770. The number of thioether (sulfide) groups is 1. The number of hydrogen-bond donors (Lipinski definition) is 1. The minimum atomic E-state index is -0.865. The van der Waals surface area contributed by atoms with Gasteiger partial charge in [-0.05, 0) is 42.0 Å². The van der Waals surface area contributed by atoms with E-state index in [-0.39, 0.29) is 22.8 Å². The number of ether oxygens (including phenoxy) is 1. The molecule has 2 aliphatic heterocycles. The van der Waals surface area contributed by atoms with E-state index in [1.165, 1.54) is 28.8 Å². The van der Waals surface area contributed by atoms with Crippen LogP contribution in [0.5, 0.6) is 5.75 Å². The molecule has 1 aromatic heterocycles. The third-order valence-corrected chi connectivity index (χ3v) is 9.81. The Morgan fingerprint density at radius 1 is 0.976 bits per heavy atom. The summed E-state index contributed by atoms with van der Waals surface area (Å²) >= 11 is 2.06. The summed E-state index contributed by atoms with van der Waals surface area (Å²) in [6.07, 6.45) is 0. The number of rotatable bonds is 7. The molecule has 212 valence electrons. The second-order valence-corrected chi connectivity index (χ2v) is 11.8. The van der Waals surface area contributed by atoms with Crippen molar-refractivity contribution in [1.29, 1.82) is 0 Å². The lowest BCUT2D eigenvalue weighted by Crippen LogP contribution is -2.33. The van der Waals surface area contributed by atoms with E-state index in [4.69, 9.17) is 4.74 Å². The number of nitro groups is 1. The van der Waals surface area contributed by atoms with Gasteiger partial charge in [0.25, 0.3) is 5.69 Å². The predicted molar refractivity (Wildman–Crippen MR) is 157 cm³/mol. The summed E-state index contributed by atoms with van der Waals surface area (Å²) in [5.41, 5.74) is 1.36. The van der Waals surface area contributed by atoms with Crippen LogP contribution in [0, 0.1) is 16.0 Å². The predicted octanol–water partition coefficient (Wildman–Crippen LogP) is 4.26. The quantitative estimate of drug-likeness (QED) is 0.188. The number of carbonyl (C=O) groups is 3. The van der Waals surface area contributed by atoms with Gasteiger partial charge in [0.2, 0.25) is 17.7 Å². The van der Waals surface area contributed by atoms with E-state index in [9.17, 15) is 29.3 Å². The number of imide groups is 1. The standard InChI is InChI=1S/C29H22N4O7S2/c1-40-20-13-7-17(8-14-20)30-21(34)15-31-28-25(42-29(31)37)22(16-5-3-2-4-6-16)23-24(41-28)27(36)32(26(23)35)18-9-11-19(12-10-18)33(38)39/h2-14,22-24H,15H2,1H3,(H,30,34)/t22-,23?,24?/m0/s1. The molecule has 0 bridgehead atoms. The number of anilines is 2. The number of nitrogens with zero attached hydrogens (tertiary/aromatic N) is 3. The van der Waals surface area contributed by atoms with Crippen LogP contribution in [-0.4, -0.2) is 39.6 Å². The number of methoxy groups -OCH3 is 1. The van der Waals surface area contributed by atoms with Crippen molar-refractivity contribution in [2.24, 2.45) is 5.92 Å². The third kappa shape index (κ3) is 4.76. The van der Waals surface area contributed by atoms with Gasteiger partial charge in [-0.2, -0.15) is 0 Å². The van der Waals surface area contributed by atoms with Gasteiger partial charge in [0.1, 0.15) is 17.5 Å². The molecule has 2 unspecified atom stereocenters. The summed E-state index contributed by atoms with van der Waals surface area (Å²) in [7, 11) is 1.54. The molecule has 3 atom stereocenters. The second-order valence-electron chi connectivity index (χ2n) is 9.64. The highest BCUT2D eigenvalue weighted by molar-refractivity contribution is 8.00. The van der Waals surface area contributed by atoms with Gasteiger partial charge in [0.15, 0.2) is 0 Å². The maximum Gasteiger partial charge on any atom is 0.308 e. The number of amides is 3. The zero-order chi connectivity index (χ0) is 29.5. The molecule has 2 aliphatic rings. The van der Waals surface area contributed by atoms with E-state index >= 15 is 0 Å². The number of benzene rings is 3. The largest absolute Gasteiger partial charge is 0.497 e. The van der Waals surface area contributed by atoms with Crippen LogP contribution in [-0.2, 0) is 20.9 Å². The molecule has 0 spiro atoms. The number of fused-ring (bicyclic) bond motifs is 2. The average Bonchev–Trinajstić information content (AvgIpc) is 3.44. The van der Waals surface area contributed by atoms with Crippen molar-refractivity contribution in [2.45, 2.75) is 22.7 Å². The van der Waals surface area contributed by atoms with Crippen LogP contribution >= 0.6 is 23.1 Å². The summed E-state index contributed by atoms with van der Waals surface area (Å²) in [5, 5.41) is 13.5. The SMILES string of the molecule is COc1ccc(NC(=O)Cn2c3c(sc2=O)[C@@H](c2ccccc2)C2C(=O)N(c4ccc([N+](=O)[O-])cc4)C(=O)C2S3)cc1. The normalized spacial score (nSPS) is 19.3. The Hall–Kier alpha value is -4.75. The Kier molecular flexibility index (Phi) is 7.12. The first-order valence-electron chi connectivity index (χ1n) is 12.8. The summed E-state index contributed by atoms with van der Waals surface area (Å²) in [5.74, 6) is -2.14.